The molecule has 4 rings (SSSR count). The van der Waals surface area contributed by atoms with Crippen LogP contribution in [0.3, 0.4) is 0 Å². The number of likely N-dealkylation sites (N-methyl/N-ethyl adjacent to an activating group) is 1. The summed E-state index contributed by atoms with van der Waals surface area (Å²) >= 11 is 0. The zero-order valence-electron chi connectivity index (χ0n) is 17.9. The van der Waals surface area contributed by atoms with Crippen LogP contribution >= 0.6 is 0 Å². The van der Waals surface area contributed by atoms with E-state index in [2.05, 4.69) is 15.6 Å². The van der Waals surface area contributed by atoms with Crippen LogP contribution in [0.15, 0.2) is 77.8 Å². The molecule has 8 heteroatoms. The van der Waals surface area contributed by atoms with E-state index in [0.29, 0.717) is 17.7 Å². The lowest BCUT2D eigenvalue weighted by atomic mass is 10.00. The molecule has 168 valence electrons. The molecule has 1 aliphatic rings. The number of halogens is 2. The molecule has 1 heterocycles. The second-order valence-electron chi connectivity index (χ2n) is 7.55. The summed E-state index contributed by atoms with van der Waals surface area (Å²) < 4.78 is 27.7. The molecule has 0 saturated carbocycles. The van der Waals surface area contributed by atoms with Crippen molar-refractivity contribution in [3.63, 3.8) is 0 Å². The predicted molar refractivity (Wildman–Crippen MR) is 122 cm³/mol. The van der Waals surface area contributed by atoms with Crippen LogP contribution in [0.5, 0.6) is 0 Å². The van der Waals surface area contributed by atoms with Crippen molar-refractivity contribution >= 4 is 23.3 Å². The van der Waals surface area contributed by atoms with E-state index in [1.54, 1.807) is 61.6 Å². The summed E-state index contributed by atoms with van der Waals surface area (Å²) in [6.45, 7) is 0.276. The molecule has 33 heavy (non-hydrogen) atoms. The highest BCUT2D eigenvalue weighted by molar-refractivity contribution is 6.20. The van der Waals surface area contributed by atoms with Crippen molar-refractivity contribution < 1.29 is 18.4 Å². The number of carbonyl (C=O) groups excluding carboxylic acids is 2. The zero-order valence-corrected chi connectivity index (χ0v) is 17.9. The van der Waals surface area contributed by atoms with Crippen molar-refractivity contribution in [1.82, 2.24) is 10.6 Å². The Hall–Kier alpha value is -4.07. The SMILES string of the molecule is CN1C(=O)C(NC(=O)NCCc2ccc(F)cc2)N=C(c2ccccc2F)c2ccccc21. The van der Waals surface area contributed by atoms with E-state index in [0.717, 1.165) is 5.56 Å². The van der Waals surface area contributed by atoms with Gasteiger partial charge in [-0.05, 0) is 42.3 Å². The van der Waals surface area contributed by atoms with Crippen LogP contribution in [-0.2, 0) is 11.2 Å². The molecule has 1 atom stereocenters. The Morgan fingerprint density at radius 1 is 0.970 bits per heavy atom. The number of benzodiazepines with no additional fused rings is 1. The third-order valence-electron chi connectivity index (χ3n) is 5.35. The van der Waals surface area contributed by atoms with Crippen LogP contribution < -0.4 is 15.5 Å². The molecule has 0 aliphatic carbocycles. The fraction of sp³-hybridized carbons (Fsp3) is 0.160. The Morgan fingerprint density at radius 2 is 1.64 bits per heavy atom. The smallest absolute Gasteiger partial charge is 0.316 e. The van der Waals surface area contributed by atoms with Gasteiger partial charge in [0.05, 0.1) is 11.4 Å². The number of fused-ring (bicyclic) bond motifs is 1. The molecule has 3 aromatic rings. The van der Waals surface area contributed by atoms with Crippen molar-refractivity contribution in [2.45, 2.75) is 12.6 Å². The molecule has 0 spiro atoms. The summed E-state index contributed by atoms with van der Waals surface area (Å²) in [5.74, 6) is -1.27. The van der Waals surface area contributed by atoms with E-state index < -0.39 is 23.9 Å². The number of para-hydroxylation sites is 1. The van der Waals surface area contributed by atoms with Crippen molar-refractivity contribution in [2.24, 2.45) is 4.99 Å². The molecule has 1 unspecified atom stereocenters. The average molecular weight is 448 g/mol. The summed E-state index contributed by atoms with van der Waals surface area (Å²) in [4.78, 5) is 31.5. The molecule has 0 fully saturated rings. The normalized spacial score (nSPS) is 15.4. The first-order chi connectivity index (χ1) is 15.9. The highest BCUT2D eigenvalue weighted by atomic mass is 19.1. The number of urea groups is 1. The number of amides is 3. The van der Waals surface area contributed by atoms with Crippen LogP contribution in [0.2, 0.25) is 0 Å². The van der Waals surface area contributed by atoms with E-state index in [1.165, 1.54) is 23.1 Å². The van der Waals surface area contributed by atoms with Gasteiger partial charge in [-0.15, -0.1) is 0 Å². The summed E-state index contributed by atoms with van der Waals surface area (Å²) in [6, 6.07) is 18.6. The third-order valence-corrected chi connectivity index (χ3v) is 5.35. The minimum absolute atomic E-state index is 0.233. The van der Waals surface area contributed by atoms with Gasteiger partial charge in [0.25, 0.3) is 5.91 Å². The minimum atomic E-state index is -1.25. The highest BCUT2D eigenvalue weighted by Gasteiger charge is 2.31. The Labute approximate surface area is 190 Å². The number of nitrogens with zero attached hydrogens (tertiary/aromatic N) is 2. The van der Waals surface area contributed by atoms with E-state index in [1.807, 2.05) is 0 Å². The molecule has 6 nitrogen and oxygen atoms in total. The first-order valence-electron chi connectivity index (χ1n) is 10.4. The molecule has 3 aromatic carbocycles. The van der Waals surface area contributed by atoms with E-state index in [-0.39, 0.29) is 23.6 Å². The van der Waals surface area contributed by atoms with Gasteiger partial charge in [-0.2, -0.15) is 0 Å². The lowest BCUT2D eigenvalue weighted by molar-refractivity contribution is -0.119. The molecule has 1 aliphatic heterocycles. The number of hydrogen-bond donors (Lipinski definition) is 2. The maximum atomic E-state index is 14.6. The van der Waals surface area contributed by atoms with Gasteiger partial charge >= 0.3 is 6.03 Å². The highest BCUT2D eigenvalue weighted by Crippen LogP contribution is 2.27. The first-order valence-corrected chi connectivity index (χ1v) is 10.4. The van der Waals surface area contributed by atoms with Crippen LogP contribution in [-0.4, -0.2) is 37.4 Å². The molecule has 0 bridgehead atoms. The van der Waals surface area contributed by atoms with Gasteiger partial charge in [-0.3, -0.25) is 4.79 Å². The third kappa shape index (κ3) is 4.90. The van der Waals surface area contributed by atoms with Crippen LogP contribution in [0.4, 0.5) is 19.3 Å². The number of carbonyl (C=O) groups is 2. The topological polar surface area (TPSA) is 73.8 Å². The van der Waals surface area contributed by atoms with Crippen molar-refractivity contribution in [3.05, 3.63) is 101 Å². The Kier molecular flexibility index (Phi) is 6.44. The van der Waals surface area contributed by atoms with E-state index in [9.17, 15) is 18.4 Å². The zero-order chi connectivity index (χ0) is 23.4. The quantitative estimate of drug-likeness (QED) is 0.626. The number of hydrogen-bond acceptors (Lipinski definition) is 3. The molecular formula is C25H22F2N4O2. The summed E-state index contributed by atoms with van der Waals surface area (Å²) in [7, 11) is 1.59. The largest absolute Gasteiger partial charge is 0.338 e. The van der Waals surface area contributed by atoms with E-state index in [4.69, 9.17) is 0 Å². The fourth-order valence-corrected chi connectivity index (χ4v) is 3.63. The van der Waals surface area contributed by atoms with Gasteiger partial charge in [-0.25, -0.2) is 18.6 Å². The van der Waals surface area contributed by atoms with Crippen molar-refractivity contribution in [2.75, 3.05) is 18.5 Å². The number of anilines is 1. The lowest BCUT2D eigenvalue weighted by Crippen LogP contribution is -2.49. The van der Waals surface area contributed by atoms with Gasteiger partial charge < -0.3 is 15.5 Å². The van der Waals surface area contributed by atoms with Crippen LogP contribution in [0.25, 0.3) is 0 Å². The number of aliphatic imine (C=N–C) groups is 1. The molecule has 3 amide bonds. The summed E-state index contributed by atoms with van der Waals surface area (Å²) in [6.07, 6.45) is -0.760. The lowest BCUT2D eigenvalue weighted by Gasteiger charge is -2.21. The van der Waals surface area contributed by atoms with Gasteiger partial charge in [0.15, 0.2) is 0 Å². The van der Waals surface area contributed by atoms with Crippen molar-refractivity contribution in [3.8, 4) is 0 Å². The monoisotopic (exact) mass is 448 g/mol. The van der Waals surface area contributed by atoms with Gasteiger partial charge in [-0.1, -0.05) is 42.5 Å². The maximum Gasteiger partial charge on any atom is 0.316 e. The Balaban J connectivity index is 1.56. The Bertz CT molecular complexity index is 1210. The second kappa shape index (κ2) is 9.60. The molecule has 0 aromatic heterocycles. The van der Waals surface area contributed by atoms with E-state index >= 15 is 0 Å². The summed E-state index contributed by atoms with van der Waals surface area (Å²) in [5.41, 5.74) is 2.51. The van der Waals surface area contributed by atoms with Crippen molar-refractivity contribution in [1.29, 1.82) is 0 Å². The molecule has 0 saturated heterocycles. The average Bonchev–Trinajstić information content (AvgIpc) is 2.92. The van der Waals surface area contributed by atoms with Gasteiger partial charge in [0, 0.05) is 24.7 Å². The summed E-state index contributed by atoms with van der Waals surface area (Å²) in [5, 5.41) is 5.26. The maximum absolute atomic E-state index is 14.6. The predicted octanol–water partition coefficient (Wildman–Crippen LogP) is 3.65. The minimum Gasteiger partial charge on any atom is -0.338 e. The van der Waals surface area contributed by atoms with Gasteiger partial charge in [0.2, 0.25) is 6.17 Å². The Morgan fingerprint density at radius 3 is 2.36 bits per heavy atom. The molecule has 0 radical (unpaired) electrons. The standard InChI is InChI=1S/C25H22F2N4O2/c1-31-21-9-5-3-7-19(21)22(18-6-2-4-8-20(18)27)29-23(24(31)32)30-25(33)28-15-14-16-10-12-17(26)13-11-16/h2-13,23H,14-15H2,1H3,(H2,28,30,33). The number of benzene rings is 3. The number of nitrogens with one attached hydrogen (secondary N) is 2. The number of rotatable bonds is 5. The van der Waals surface area contributed by atoms with Gasteiger partial charge in [0.1, 0.15) is 11.6 Å². The van der Waals surface area contributed by atoms with Crippen LogP contribution in [0, 0.1) is 11.6 Å². The second-order valence-corrected chi connectivity index (χ2v) is 7.55. The fourth-order valence-electron chi connectivity index (χ4n) is 3.63. The van der Waals surface area contributed by atoms with Crippen LogP contribution in [0.1, 0.15) is 16.7 Å². The first kappa shape index (κ1) is 22.1. The molecular weight excluding hydrogens is 426 g/mol. The molecule has 2 N–H and O–H groups in total.